The average molecular weight is 284 g/mol. The maximum atomic E-state index is 12.7. The quantitative estimate of drug-likeness (QED) is 0.861. The van der Waals surface area contributed by atoms with Gasteiger partial charge in [-0.05, 0) is 31.9 Å². The number of fused-ring (bicyclic) bond motifs is 1. The van der Waals surface area contributed by atoms with Crippen molar-refractivity contribution in [1.29, 1.82) is 0 Å². The smallest absolute Gasteiger partial charge is 0.178 e. The Balaban J connectivity index is 1.78. The maximum absolute atomic E-state index is 12.7. The molecule has 1 N–H and O–H groups in total. The second-order valence-corrected chi connectivity index (χ2v) is 6.05. The topological polar surface area (TPSA) is 36.1 Å². The number of hydrogen-bond acceptors (Lipinski definition) is 2. The molecule has 0 bridgehead atoms. The molecule has 21 heavy (non-hydrogen) atoms. The van der Waals surface area contributed by atoms with E-state index < -0.39 is 0 Å². The van der Waals surface area contributed by atoms with E-state index in [2.05, 4.69) is 16.8 Å². The molecular weight excluding hydrogens is 260 g/mol. The molecule has 1 fully saturated rings. The van der Waals surface area contributed by atoms with E-state index in [1.165, 1.54) is 25.7 Å². The summed E-state index contributed by atoms with van der Waals surface area (Å²) in [4.78, 5) is 18.3. The Morgan fingerprint density at radius 2 is 2.14 bits per heavy atom. The molecule has 0 saturated carbocycles. The first-order valence-electron chi connectivity index (χ1n) is 8.13. The standard InChI is InChI=1S/C18H24N2O/c1-2-14-8-4-3-7-11-20(14)13-18(21)16-12-19-17-10-6-5-9-15(16)17/h5-6,9-10,12,14,19H,2-4,7-8,11,13H2,1H3. The number of likely N-dealkylation sites (tertiary alicyclic amines) is 1. The molecule has 1 unspecified atom stereocenters. The molecule has 1 saturated heterocycles. The zero-order valence-electron chi connectivity index (χ0n) is 12.8. The van der Waals surface area contributed by atoms with Crippen molar-refractivity contribution >= 4 is 16.7 Å². The highest BCUT2D eigenvalue weighted by Crippen LogP contribution is 2.22. The summed E-state index contributed by atoms with van der Waals surface area (Å²) < 4.78 is 0. The number of rotatable bonds is 4. The number of Topliss-reactive ketones (excluding diaryl/α,β-unsaturated/α-hetero) is 1. The number of para-hydroxylation sites is 1. The Morgan fingerprint density at radius 1 is 1.29 bits per heavy atom. The van der Waals surface area contributed by atoms with Crippen molar-refractivity contribution in [2.45, 2.75) is 45.1 Å². The Morgan fingerprint density at radius 3 is 3.00 bits per heavy atom. The van der Waals surface area contributed by atoms with Crippen LogP contribution in [0.3, 0.4) is 0 Å². The van der Waals surface area contributed by atoms with Gasteiger partial charge in [-0.25, -0.2) is 0 Å². The SMILES string of the molecule is CCC1CCCCCN1CC(=O)c1c[nH]c2ccccc12. The molecule has 1 atom stereocenters. The van der Waals surface area contributed by atoms with E-state index >= 15 is 0 Å². The number of aromatic nitrogens is 1. The molecular formula is C18H24N2O. The average Bonchev–Trinajstić information content (AvgIpc) is 2.81. The van der Waals surface area contributed by atoms with Crippen LogP contribution in [0, 0.1) is 0 Å². The molecule has 1 aliphatic heterocycles. The fourth-order valence-corrected chi connectivity index (χ4v) is 3.48. The highest BCUT2D eigenvalue weighted by Gasteiger charge is 2.23. The first-order valence-corrected chi connectivity index (χ1v) is 8.13. The molecule has 3 heteroatoms. The van der Waals surface area contributed by atoms with Gasteiger partial charge in [-0.1, -0.05) is 38.0 Å². The summed E-state index contributed by atoms with van der Waals surface area (Å²) >= 11 is 0. The number of carbonyl (C=O) groups excluding carboxylic acids is 1. The summed E-state index contributed by atoms with van der Waals surface area (Å²) in [6.45, 7) is 3.85. The number of nitrogens with zero attached hydrogens (tertiary/aromatic N) is 1. The number of ketones is 1. The molecule has 1 aliphatic rings. The predicted octanol–water partition coefficient (Wildman–Crippen LogP) is 4.01. The summed E-state index contributed by atoms with van der Waals surface area (Å²) in [7, 11) is 0. The molecule has 2 aromatic rings. The van der Waals surface area contributed by atoms with Crippen molar-refractivity contribution in [3.8, 4) is 0 Å². The molecule has 112 valence electrons. The Hall–Kier alpha value is -1.61. The van der Waals surface area contributed by atoms with Gasteiger partial charge in [0.25, 0.3) is 0 Å². The van der Waals surface area contributed by atoms with Crippen LogP contribution in [0.2, 0.25) is 0 Å². The Kier molecular flexibility index (Phi) is 4.39. The van der Waals surface area contributed by atoms with E-state index in [0.717, 1.165) is 29.4 Å². The van der Waals surface area contributed by atoms with Crippen LogP contribution in [0.15, 0.2) is 30.5 Å². The first kappa shape index (κ1) is 14.3. The van der Waals surface area contributed by atoms with Crippen LogP contribution in [-0.2, 0) is 0 Å². The summed E-state index contributed by atoms with van der Waals surface area (Å²) in [5, 5.41) is 1.05. The summed E-state index contributed by atoms with van der Waals surface area (Å²) in [5.41, 5.74) is 1.88. The van der Waals surface area contributed by atoms with Gasteiger partial charge in [-0.3, -0.25) is 9.69 Å². The Labute approximate surface area is 126 Å². The minimum absolute atomic E-state index is 0.243. The fraction of sp³-hybridized carbons (Fsp3) is 0.500. The minimum Gasteiger partial charge on any atom is -0.360 e. The highest BCUT2D eigenvalue weighted by molar-refractivity contribution is 6.08. The van der Waals surface area contributed by atoms with E-state index in [-0.39, 0.29) is 5.78 Å². The van der Waals surface area contributed by atoms with Crippen LogP contribution in [0.4, 0.5) is 0 Å². The summed E-state index contributed by atoms with van der Waals surface area (Å²) in [6.07, 6.45) is 8.06. The maximum Gasteiger partial charge on any atom is 0.178 e. The fourth-order valence-electron chi connectivity index (χ4n) is 3.48. The number of nitrogens with one attached hydrogen (secondary N) is 1. The third-order valence-electron chi connectivity index (χ3n) is 4.71. The van der Waals surface area contributed by atoms with Crippen molar-refractivity contribution in [2.75, 3.05) is 13.1 Å². The molecule has 0 amide bonds. The highest BCUT2D eigenvalue weighted by atomic mass is 16.1. The van der Waals surface area contributed by atoms with Crippen LogP contribution in [0.25, 0.3) is 10.9 Å². The summed E-state index contributed by atoms with van der Waals surface area (Å²) in [5.74, 6) is 0.243. The minimum atomic E-state index is 0.243. The van der Waals surface area contributed by atoms with Gasteiger partial charge in [0.05, 0.1) is 6.54 Å². The van der Waals surface area contributed by atoms with Gasteiger partial charge in [-0.15, -0.1) is 0 Å². The molecule has 3 nitrogen and oxygen atoms in total. The monoisotopic (exact) mass is 284 g/mol. The molecule has 0 radical (unpaired) electrons. The zero-order chi connectivity index (χ0) is 14.7. The molecule has 0 spiro atoms. The Bertz CT molecular complexity index is 616. The van der Waals surface area contributed by atoms with Crippen molar-refractivity contribution in [2.24, 2.45) is 0 Å². The lowest BCUT2D eigenvalue weighted by atomic mass is 10.1. The van der Waals surface area contributed by atoms with Crippen molar-refractivity contribution in [3.05, 3.63) is 36.0 Å². The van der Waals surface area contributed by atoms with Gasteiger partial charge in [-0.2, -0.15) is 0 Å². The number of H-pyrrole nitrogens is 1. The van der Waals surface area contributed by atoms with Gasteiger partial charge >= 0.3 is 0 Å². The van der Waals surface area contributed by atoms with Gasteiger partial charge in [0.1, 0.15) is 0 Å². The van der Waals surface area contributed by atoms with Crippen LogP contribution >= 0.6 is 0 Å². The number of hydrogen-bond donors (Lipinski definition) is 1. The largest absolute Gasteiger partial charge is 0.360 e. The zero-order valence-corrected chi connectivity index (χ0v) is 12.8. The molecule has 0 aliphatic carbocycles. The van der Waals surface area contributed by atoms with E-state index in [4.69, 9.17) is 0 Å². The van der Waals surface area contributed by atoms with E-state index in [1.54, 1.807) is 0 Å². The molecule has 3 rings (SSSR count). The first-order chi connectivity index (χ1) is 10.3. The second-order valence-electron chi connectivity index (χ2n) is 6.05. The molecule has 2 heterocycles. The predicted molar refractivity (Wildman–Crippen MR) is 86.7 cm³/mol. The number of aromatic amines is 1. The third-order valence-corrected chi connectivity index (χ3v) is 4.71. The lowest BCUT2D eigenvalue weighted by molar-refractivity contribution is 0.0892. The van der Waals surface area contributed by atoms with Crippen molar-refractivity contribution < 1.29 is 4.79 Å². The summed E-state index contributed by atoms with van der Waals surface area (Å²) in [6, 6.07) is 8.61. The van der Waals surface area contributed by atoms with Crippen LogP contribution in [0.5, 0.6) is 0 Å². The van der Waals surface area contributed by atoms with Gasteiger partial charge in [0.2, 0.25) is 0 Å². The van der Waals surface area contributed by atoms with Gasteiger partial charge in [0.15, 0.2) is 5.78 Å². The van der Waals surface area contributed by atoms with E-state index in [1.807, 2.05) is 30.5 Å². The van der Waals surface area contributed by atoms with E-state index in [0.29, 0.717) is 12.6 Å². The van der Waals surface area contributed by atoms with Crippen LogP contribution in [0.1, 0.15) is 49.4 Å². The lowest BCUT2D eigenvalue weighted by Crippen LogP contribution is -2.38. The second kappa shape index (κ2) is 6.44. The normalized spacial score (nSPS) is 20.5. The van der Waals surface area contributed by atoms with Gasteiger partial charge < -0.3 is 4.98 Å². The van der Waals surface area contributed by atoms with Crippen LogP contribution < -0.4 is 0 Å². The molecule has 1 aromatic carbocycles. The van der Waals surface area contributed by atoms with Gasteiger partial charge in [0, 0.05) is 28.7 Å². The van der Waals surface area contributed by atoms with Crippen molar-refractivity contribution in [1.82, 2.24) is 9.88 Å². The number of benzene rings is 1. The third kappa shape index (κ3) is 3.03. The lowest BCUT2D eigenvalue weighted by Gasteiger charge is -2.28. The van der Waals surface area contributed by atoms with Crippen molar-refractivity contribution in [3.63, 3.8) is 0 Å². The van der Waals surface area contributed by atoms with Crippen LogP contribution in [-0.4, -0.2) is 34.8 Å². The molecule has 1 aromatic heterocycles. The number of carbonyl (C=O) groups is 1. The van der Waals surface area contributed by atoms with E-state index in [9.17, 15) is 4.79 Å².